The molecule has 2 atom stereocenters. The standard InChI is InChI=1S/C16H25NO3S/c1-11-8-12(2)16(9-15(11)10-18)21(19,20)17-13(3)6-5-7-14(17)4/h8-9,13-14,18H,5-7,10H2,1-4H3. The van der Waals surface area contributed by atoms with Crippen LogP contribution >= 0.6 is 0 Å². The third-order valence-electron chi connectivity index (χ3n) is 4.47. The summed E-state index contributed by atoms with van der Waals surface area (Å²) < 4.78 is 27.8. The van der Waals surface area contributed by atoms with E-state index in [9.17, 15) is 13.5 Å². The summed E-state index contributed by atoms with van der Waals surface area (Å²) in [6.45, 7) is 7.52. The summed E-state index contributed by atoms with van der Waals surface area (Å²) in [4.78, 5) is 0.331. The molecule has 0 aromatic heterocycles. The van der Waals surface area contributed by atoms with E-state index in [2.05, 4.69) is 0 Å². The normalized spacial score (nSPS) is 24.2. The fraction of sp³-hybridized carbons (Fsp3) is 0.625. The molecule has 0 amide bonds. The molecule has 118 valence electrons. The third-order valence-corrected chi connectivity index (χ3v) is 6.74. The lowest BCUT2D eigenvalue weighted by atomic mass is 10.0. The molecule has 5 heteroatoms. The summed E-state index contributed by atoms with van der Waals surface area (Å²) >= 11 is 0. The van der Waals surface area contributed by atoms with Gasteiger partial charge in [-0.2, -0.15) is 4.31 Å². The van der Waals surface area contributed by atoms with Gasteiger partial charge in [0.05, 0.1) is 11.5 Å². The molecule has 0 radical (unpaired) electrons. The zero-order valence-electron chi connectivity index (χ0n) is 13.3. The van der Waals surface area contributed by atoms with Gasteiger partial charge in [0.15, 0.2) is 0 Å². The Morgan fingerprint density at radius 1 is 1.14 bits per heavy atom. The van der Waals surface area contributed by atoms with E-state index in [1.165, 1.54) is 0 Å². The van der Waals surface area contributed by atoms with Crippen molar-refractivity contribution < 1.29 is 13.5 Å². The second kappa shape index (κ2) is 6.07. The zero-order chi connectivity index (χ0) is 15.8. The molecule has 21 heavy (non-hydrogen) atoms. The van der Waals surface area contributed by atoms with Crippen LogP contribution in [0.3, 0.4) is 0 Å². The van der Waals surface area contributed by atoms with Crippen molar-refractivity contribution in [3.63, 3.8) is 0 Å². The van der Waals surface area contributed by atoms with Crippen LogP contribution in [0.1, 0.15) is 49.8 Å². The van der Waals surface area contributed by atoms with Crippen molar-refractivity contribution in [3.8, 4) is 0 Å². The fourth-order valence-electron chi connectivity index (χ4n) is 3.31. The number of sulfonamides is 1. The maximum absolute atomic E-state index is 13.1. The Hall–Kier alpha value is -0.910. The first-order chi connectivity index (χ1) is 9.78. The lowest BCUT2D eigenvalue weighted by Gasteiger charge is -2.38. The molecular weight excluding hydrogens is 286 g/mol. The Kier molecular flexibility index (Phi) is 4.76. The predicted octanol–water partition coefficient (Wildman–Crippen LogP) is 2.75. The highest BCUT2D eigenvalue weighted by Crippen LogP contribution is 2.31. The number of rotatable bonds is 3. The molecule has 1 aliphatic heterocycles. The predicted molar refractivity (Wildman–Crippen MR) is 83.6 cm³/mol. The molecule has 2 unspecified atom stereocenters. The van der Waals surface area contributed by atoms with Crippen molar-refractivity contribution in [1.82, 2.24) is 4.31 Å². The largest absolute Gasteiger partial charge is 0.392 e. The van der Waals surface area contributed by atoms with Gasteiger partial charge < -0.3 is 5.11 Å². The molecule has 4 nitrogen and oxygen atoms in total. The molecule has 1 aliphatic rings. The molecule has 0 aliphatic carbocycles. The molecule has 1 N–H and O–H groups in total. The van der Waals surface area contributed by atoms with Crippen molar-refractivity contribution >= 4 is 10.0 Å². The average molecular weight is 311 g/mol. The summed E-state index contributed by atoms with van der Waals surface area (Å²) in [6.07, 6.45) is 2.88. The SMILES string of the molecule is Cc1cc(C)c(S(=O)(=O)N2C(C)CCCC2C)cc1CO. The minimum Gasteiger partial charge on any atom is -0.392 e. The van der Waals surface area contributed by atoms with E-state index < -0.39 is 10.0 Å². The maximum Gasteiger partial charge on any atom is 0.243 e. The van der Waals surface area contributed by atoms with E-state index >= 15 is 0 Å². The molecule has 0 spiro atoms. The number of hydrogen-bond donors (Lipinski definition) is 1. The van der Waals surface area contributed by atoms with Crippen LogP contribution in [0.15, 0.2) is 17.0 Å². The monoisotopic (exact) mass is 311 g/mol. The van der Waals surface area contributed by atoms with Crippen LogP contribution in [-0.2, 0) is 16.6 Å². The number of hydrogen-bond acceptors (Lipinski definition) is 3. The molecule has 0 bridgehead atoms. The van der Waals surface area contributed by atoms with Gasteiger partial charge in [0.25, 0.3) is 0 Å². The average Bonchev–Trinajstić information content (AvgIpc) is 2.38. The highest BCUT2D eigenvalue weighted by Gasteiger charge is 2.36. The van der Waals surface area contributed by atoms with Crippen molar-refractivity contribution in [2.75, 3.05) is 0 Å². The smallest absolute Gasteiger partial charge is 0.243 e. The van der Waals surface area contributed by atoms with E-state index in [4.69, 9.17) is 0 Å². The number of piperidine rings is 1. The summed E-state index contributed by atoms with van der Waals surface area (Å²) in [5, 5.41) is 9.41. The van der Waals surface area contributed by atoms with Gasteiger partial charge in [0.1, 0.15) is 0 Å². The summed E-state index contributed by atoms with van der Waals surface area (Å²) in [5.41, 5.74) is 2.35. The Balaban J connectivity index is 2.53. The number of benzene rings is 1. The zero-order valence-corrected chi connectivity index (χ0v) is 14.1. The lowest BCUT2D eigenvalue weighted by molar-refractivity contribution is 0.204. The van der Waals surface area contributed by atoms with Crippen LogP contribution in [0.2, 0.25) is 0 Å². The van der Waals surface area contributed by atoms with Crippen LogP contribution in [0, 0.1) is 13.8 Å². The molecule has 1 aromatic rings. The molecule has 1 fully saturated rings. The fourth-order valence-corrected chi connectivity index (χ4v) is 5.45. The molecular formula is C16H25NO3S. The van der Waals surface area contributed by atoms with Gasteiger partial charge in [0.2, 0.25) is 10.0 Å². The Morgan fingerprint density at radius 2 is 1.71 bits per heavy atom. The van der Waals surface area contributed by atoms with Gasteiger partial charge in [-0.3, -0.25) is 0 Å². The first kappa shape index (κ1) is 16.5. The van der Waals surface area contributed by atoms with Gasteiger partial charge in [-0.05, 0) is 63.3 Å². The van der Waals surface area contributed by atoms with E-state index in [1.54, 1.807) is 10.4 Å². The van der Waals surface area contributed by atoms with Crippen molar-refractivity contribution in [3.05, 3.63) is 28.8 Å². The number of aliphatic hydroxyl groups excluding tert-OH is 1. The number of nitrogens with zero attached hydrogens (tertiary/aromatic N) is 1. The maximum atomic E-state index is 13.1. The Labute approximate surface area is 127 Å². The highest BCUT2D eigenvalue weighted by molar-refractivity contribution is 7.89. The van der Waals surface area contributed by atoms with Crippen LogP contribution in [0.25, 0.3) is 0 Å². The first-order valence-corrected chi connectivity index (χ1v) is 8.97. The van der Waals surface area contributed by atoms with E-state index in [0.717, 1.165) is 30.4 Å². The topological polar surface area (TPSA) is 57.6 Å². The highest BCUT2D eigenvalue weighted by atomic mass is 32.2. The third kappa shape index (κ3) is 3.00. The molecule has 2 rings (SSSR count). The lowest BCUT2D eigenvalue weighted by Crippen LogP contribution is -2.47. The van der Waals surface area contributed by atoms with Crippen LogP contribution in [0.4, 0.5) is 0 Å². The van der Waals surface area contributed by atoms with Crippen LogP contribution < -0.4 is 0 Å². The van der Waals surface area contributed by atoms with E-state index in [1.807, 2.05) is 33.8 Å². The van der Waals surface area contributed by atoms with Gasteiger partial charge in [-0.15, -0.1) is 0 Å². The van der Waals surface area contributed by atoms with Gasteiger partial charge in [-0.1, -0.05) is 12.5 Å². The number of aryl methyl sites for hydroxylation is 2. The Morgan fingerprint density at radius 3 is 2.24 bits per heavy atom. The molecule has 1 heterocycles. The van der Waals surface area contributed by atoms with Gasteiger partial charge in [-0.25, -0.2) is 8.42 Å². The summed E-state index contributed by atoms with van der Waals surface area (Å²) in [7, 11) is -3.52. The molecule has 0 saturated carbocycles. The van der Waals surface area contributed by atoms with Gasteiger partial charge >= 0.3 is 0 Å². The van der Waals surface area contributed by atoms with E-state index in [-0.39, 0.29) is 18.7 Å². The molecule has 1 aromatic carbocycles. The van der Waals surface area contributed by atoms with Crippen LogP contribution in [0.5, 0.6) is 0 Å². The minimum atomic E-state index is -3.52. The van der Waals surface area contributed by atoms with Gasteiger partial charge in [0, 0.05) is 12.1 Å². The minimum absolute atomic E-state index is 0.0250. The second-order valence-corrected chi connectivity index (χ2v) is 7.98. The van der Waals surface area contributed by atoms with Crippen molar-refractivity contribution in [1.29, 1.82) is 0 Å². The quantitative estimate of drug-likeness (QED) is 0.934. The summed E-state index contributed by atoms with van der Waals surface area (Å²) in [6, 6.07) is 3.53. The van der Waals surface area contributed by atoms with Crippen molar-refractivity contribution in [2.24, 2.45) is 0 Å². The first-order valence-electron chi connectivity index (χ1n) is 7.53. The van der Waals surface area contributed by atoms with Crippen molar-refractivity contribution in [2.45, 2.75) is 70.5 Å². The Bertz CT molecular complexity index is 615. The van der Waals surface area contributed by atoms with Crippen LogP contribution in [-0.4, -0.2) is 29.9 Å². The second-order valence-electron chi connectivity index (χ2n) is 6.17. The van der Waals surface area contributed by atoms with E-state index in [0.29, 0.717) is 10.5 Å². The summed E-state index contributed by atoms with van der Waals surface area (Å²) in [5.74, 6) is 0. The number of aliphatic hydroxyl groups is 1. The molecule has 1 saturated heterocycles.